The first kappa shape index (κ1) is 20.1. The van der Waals surface area contributed by atoms with E-state index in [0.717, 1.165) is 10.9 Å². The van der Waals surface area contributed by atoms with Crippen molar-refractivity contribution in [2.24, 2.45) is 0 Å². The molecule has 1 heterocycles. The van der Waals surface area contributed by atoms with Gasteiger partial charge in [0.25, 0.3) is 5.56 Å². The van der Waals surface area contributed by atoms with Crippen LogP contribution in [0.5, 0.6) is 5.75 Å². The first-order valence-corrected chi connectivity index (χ1v) is 9.32. The van der Waals surface area contributed by atoms with Crippen molar-refractivity contribution in [1.29, 1.82) is 0 Å². The summed E-state index contributed by atoms with van der Waals surface area (Å²) in [5.41, 5.74) is 1.33. The van der Waals surface area contributed by atoms with Crippen molar-refractivity contribution >= 4 is 23.3 Å². The third-order valence-corrected chi connectivity index (χ3v) is 4.29. The molecule has 3 aromatic rings. The van der Waals surface area contributed by atoms with Crippen LogP contribution in [0.25, 0.3) is 10.9 Å². The van der Waals surface area contributed by atoms with Crippen LogP contribution >= 0.6 is 0 Å². The SMILES string of the molecule is O=CCn1c(=O)ccc2ccc(OCCCNC(=O)OCc3ccccc3)cc21. The topological polar surface area (TPSA) is 86.6 Å². The summed E-state index contributed by atoms with van der Waals surface area (Å²) in [7, 11) is 0. The van der Waals surface area contributed by atoms with E-state index in [-0.39, 0.29) is 18.7 Å². The number of hydrogen-bond acceptors (Lipinski definition) is 5. The third-order valence-electron chi connectivity index (χ3n) is 4.29. The number of benzene rings is 2. The van der Waals surface area contributed by atoms with Gasteiger partial charge in [-0.2, -0.15) is 0 Å². The first-order chi connectivity index (χ1) is 14.2. The Morgan fingerprint density at radius 3 is 2.66 bits per heavy atom. The minimum absolute atomic E-state index is 0.00532. The van der Waals surface area contributed by atoms with Crippen LogP contribution in [0.4, 0.5) is 4.79 Å². The lowest BCUT2D eigenvalue weighted by molar-refractivity contribution is -0.108. The average Bonchev–Trinajstić information content (AvgIpc) is 2.75. The van der Waals surface area contributed by atoms with Gasteiger partial charge in [0, 0.05) is 18.7 Å². The zero-order valence-corrected chi connectivity index (χ0v) is 15.9. The van der Waals surface area contributed by atoms with E-state index in [1.807, 2.05) is 36.4 Å². The smallest absolute Gasteiger partial charge is 0.407 e. The van der Waals surface area contributed by atoms with E-state index in [1.165, 1.54) is 10.6 Å². The van der Waals surface area contributed by atoms with Crippen LogP contribution in [0, 0.1) is 0 Å². The zero-order valence-electron chi connectivity index (χ0n) is 15.9. The molecule has 7 heteroatoms. The summed E-state index contributed by atoms with van der Waals surface area (Å²) in [5, 5.41) is 3.53. The van der Waals surface area contributed by atoms with Crippen LogP contribution in [-0.2, 0) is 22.7 Å². The van der Waals surface area contributed by atoms with E-state index < -0.39 is 6.09 Å². The Hall–Kier alpha value is -3.61. The number of aldehydes is 1. The fourth-order valence-electron chi connectivity index (χ4n) is 2.85. The van der Waals surface area contributed by atoms with Crippen molar-refractivity contribution < 1.29 is 19.1 Å². The minimum Gasteiger partial charge on any atom is -0.493 e. The van der Waals surface area contributed by atoms with Crippen molar-refractivity contribution in [3.63, 3.8) is 0 Å². The zero-order chi connectivity index (χ0) is 20.5. The van der Waals surface area contributed by atoms with Gasteiger partial charge in [0.1, 0.15) is 18.6 Å². The number of hydrogen-bond donors (Lipinski definition) is 1. The summed E-state index contributed by atoms with van der Waals surface area (Å²) in [5.74, 6) is 0.592. The number of amides is 1. The lowest BCUT2D eigenvalue weighted by atomic mass is 10.2. The van der Waals surface area contributed by atoms with Crippen LogP contribution in [0.3, 0.4) is 0 Å². The third kappa shape index (κ3) is 5.68. The standard InChI is InChI=1S/C22H22N2O5/c25-13-12-24-20-15-19(9-7-18(20)8-10-21(24)26)28-14-4-11-23-22(27)29-16-17-5-2-1-3-6-17/h1-3,5-10,13,15H,4,11-12,14,16H2,(H,23,27). The number of aromatic nitrogens is 1. The molecular weight excluding hydrogens is 372 g/mol. The van der Waals surface area contributed by atoms with Gasteiger partial charge in [0.05, 0.1) is 18.7 Å². The Bertz CT molecular complexity index is 1030. The molecule has 0 aliphatic heterocycles. The second-order valence-electron chi connectivity index (χ2n) is 6.36. The summed E-state index contributed by atoms with van der Waals surface area (Å²) in [6, 6.07) is 18.0. The Kier molecular flexibility index (Phi) is 7.00. The van der Waals surface area contributed by atoms with Gasteiger partial charge < -0.3 is 24.2 Å². The Labute approximate surface area is 167 Å². The molecular formula is C22H22N2O5. The molecule has 0 spiro atoms. The quantitative estimate of drug-likeness (QED) is 0.445. The van der Waals surface area contributed by atoms with Crippen molar-refractivity contribution in [2.45, 2.75) is 19.6 Å². The fraction of sp³-hybridized carbons (Fsp3) is 0.227. The number of ether oxygens (including phenoxy) is 2. The number of carbonyl (C=O) groups is 2. The lowest BCUT2D eigenvalue weighted by Gasteiger charge is -2.11. The summed E-state index contributed by atoms with van der Waals surface area (Å²) >= 11 is 0. The number of nitrogens with one attached hydrogen (secondary N) is 1. The van der Waals surface area contributed by atoms with Crippen LogP contribution in [-0.4, -0.2) is 30.1 Å². The highest BCUT2D eigenvalue weighted by Gasteiger charge is 2.05. The largest absolute Gasteiger partial charge is 0.493 e. The molecule has 7 nitrogen and oxygen atoms in total. The molecule has 150 valence electrons. The summed E-state index contributed by atoms with van der Waals surface area (Å²) in [6.45, 7) is 1.02. The van der Waals surface area contributed by atoms with Gasteiger partial charge in [-0.3, -0.25) is 4.79 Å². The number of carbonyl (C=O) groups excluding carboxylic acids is 2. The molecule has 0 radical (unpaired) electrons. The molecule has 2 aromatic carbocycles. The minimum atomic E-state index is -0.475. The van der Waals surface area contributed by atoms with E-state index in [4.69, 9.17) is 9.47 Å². The molecule has 0 aliphatic carbocycles. The molecule has 0 bridgehead atoms. The lowest BCUT2D eigenvalue weighted by Crippen LogP contribution is -2.26. The van der Waals surface area contributed by atoms with Gasteiger partial charge >= 0.3 is 6.09 Å². The number of alkyl carbamates (subject to hydrolysis) is 1. The molecule has 1 amide bonds. The van der Waals surface area contributed by atoms with Crippen LogP contribution in [0.1, 0.15) is 12.0 Å². The number of rotatable bonds is 9. The molecule has 0 fully saturated rings. The van der Waals surface area contributed by atoms with Gasteiger partial charge in [0.15, 0.2) is 0 Å². The average molecular weight is 394 g/mol. The Balaban J connectivity index is 1.45. The molecule has 1 N–H and O–H groups in total. The first-order valence-electron chi connectivity index (χ1n) is 9.32. The second-order valence-corrected chi connectivity index (χ2v) is 6.36. The molecule has 1 aromatic heterocycles. The maximum Gasteiger partial charge on any atom is 0.407 e. The van der Waals surface area contributed by atoms with Gasteiger partial charge in [0.2, 0.25) is 0 Å². The molecule has 0 saturated carbocycles. The predicted octanol–water partition coefficient (Wildman–Crippen LogP) is 2.90. The van der Waals surface area contributed by atoms with Gasteiger partial charge in [-0.15, -0.1) is 0 Å². The monoisotopic (exact) mass is 394 g/mol. The Morgan fingerprint density at radius 1 is 1.07 bits per heavy atom. The molecule has 0 aliphatic rings. The van der Waals surface area contributed by atoms with Crippen molar-refractivity contribution in [3.8, 4) is 5.75 Å². The highest BCUT2D eigenvalue weighted by Crippen LogP contribution is 2.19. The van der Waals surface area contributed by atoms with Gasteiger partial charge in [-0.25, -0.2) is 4.79 Å². The van der Waals surface area contributed by atoms with E-state index in [2.05, 4.69) is 5.32 Å². The van der Waals surface area contributed by atoms with Crippen molar-refractivity contribution in [2.75, 3.05) is 13.2 Å². The van der Waals surface area contributed by atoms with Crippen LogP contribution in [0.2, 0.25) is 0 Å². The maximum absolute atomic E-state index is 12.0. The Morgan fingerprint density at radius 2 is 1.86 bits per heavy atom. The number of nitrogens with zero attached hydrogens (tertiary/aromatic N) is 1. The molecule has 3 rings (SSSR count). The summed E-state index contributed by atoms with van der Waals surface area (Å²) in [4.78, 5) is 34.5. The number of fused-ring (bicyclic) bond motifs is 1. The predicted molar refractivity (Wildman–Crippen MR) is 109 cm³/mol. The summed E-state index contributed by atoms with van der Waals surface area (Å²) < 4.78 is 12.2. The van der Waals surface area contributed by atoms with E-state index in [0.29, 0.717) is 37.1 Å². The molecule has 29 heavy (non-hydrogen) atoms. The van der Waals surface area contributed by atoms with Crippen molar-refractivity contribution in [1.82, 2.24) is 9.88 Å². The fourth-order valence-corrected chi connectivity index (χ4v) is 2.85. The van der Waals surface area contributed by atoms with E-state index in [9.17, 15) is 14.4 Å². The second kappa shape index (κ2) is 10.1. The van der Waals surface area contributed by atoms with Crippen LogP contribution in [0.15, 0.2) is 65.5 Å². The molecule has 0 unspecified atom stereocenters. The molecule has 0 atom stereocenters. The van der Waals surface area contributed by atoms with Gasteiger partial charge in [-0.05, 0) is 35.6 Å². The van der Waals surface area contributed by atoms with Crippen LogP contribution < -0.4 is 15.6 Å². The van der Waals surface area contributed by atoms with E-state index >= 15 is 0 Å². The normalized spacial score (nSPS) is 10.5. The van der Waals surface area contributed by atoms with Crippen molar-refractivity contribution in [3.05, 3.63) is 76.6 Å². The maximum atomic E-state index is 12.0. The highest BCUT2D eigenvalue weighted by atomic mass is 16.5. The van der Waals surface area contributed by atoms with Gasteiger partial charge in [-0.1, -0.05) is 30.3 Å². The molecule has 0 saturated heterocycles. The number of pyridine rings is 1. The highest BCUT2D eigenvalue weighted by molar-refractivity contribution is 5.81. The summed E-state index contributed by atoms with van der Waals surface area (Å²) in [6.07, 6.45) is 0.808. The van der Waals surface area contributed by atoms with E-state index in [1.54, 1.807) is 18.2 Å².